The molecule has 2 aromatic rings. The third-order valence-electron chi connectivity index (χ3n) is 6.59. The van der Waals surface area contributed by atoms with Crippen LogP contribution in [0.15, 0.2) is 36.4 Å². The van der Waals surface area contributed by atoms with E-state index in [0.29, 0.717) is 11.2 Å². The van der Waals surface area contributed by atoms with Crippen molar-refractivity contribution in [3.63, 3.8) is 0 Å². The standard InChI is InChI=1S/C22H29ClN4O/c1-21-11-4-12-22(2,27(21)15-16-5-7-18(28-3)8-6-16)14-17(13-21)24-20-10-9-19(23)25-26-20/h5-10,17H,4,11-15H2,1-3H3,(H,24,26)/t17-,21-,22+. The maximum atomic E-state index is 5.88. The topological polar surface area (TPSA) is 50.3 Å². The fourth-order valence-corrected chi connectivity index (χ4v) is 5.43. The summed E-state index contributed by atoms with van der Waals surface area (Å²) in [6.07, 6.45) is 5.94. The molecule has 1 aromatic heterocycles. The summed E-state index contributed by atoms with van der Waals surface area (Å²) in [5.41, 5.74) is 1.68. The quantitative estimate of drug-likeness (QED) is 0.772. The number of anilines is 1. The summed E-state index contributed by atoms with van der Waals surface area (Å²) in [7, 11) is 1.71. The van der Waals surface area contributed by atoms with Crippen LogP contribution in [0.3, 0.4) is 0 Å². The molecule has 2 aliphatic heterocycles. The molecule has 2 aliphatic rings. The summed E-state index contributed by atoms with van der Waals surface area (Å²) >= 11 is 5.88. The SMILES string of the molecule is COc1ccc(CN2[C@@]3(C)CCC[C@]2(C)C[C@@H](Nc2ccc(Cl)nn2)C3)cc1. The van der Waals surface area contributed by atoms with Crippen LogP contribution < -0.4 is 10.1 Å². The van der Waals surface area contributed by atoms with Gasteiger partial charge in [-0.3, -0.25) is 4.90 Å². The summed E-state index contributed by atoms with van der Waals surface area (Å²) < 4.78 is 5.31. The molecule has 0 spiro atoms. The van der Waals surface area contributed by atoms with Gasteiger partial charge in [0, 0.05) is 23.7 Å². The summed E-state index contributed by atoms with van der Waals surface area (Å²) in [4.78, 5) is 2.75. The van der Waals surface area contributed by atoms with Gasteiger partial charge in [0.2, 0.25) is 0 Å². The molecule has 0 saturated carbocycles. The lowest BCUT2D eigenvalue weighted by molar-refractivity contribution is -0.0947. The molecule has 0 radical (unpaired) electrons. The van der Waals surface area contributed by atoms with Crippen molar-refractivity contribution in [2.24, 2.45) is 0 Å². The fourth-order valence-electron chi connectivity index (χ4n) is 5.33. The minimum atomic E-state index is 0.169. The van der Waals surface area contributed by atoms with E-state index in [0.717, 1.165) is 31.0 Å². The Morgan fingerprint density at radius 3 is 2.32 bits per heavy atom. The first-order valence-electron chi connectivity index (χ1n) is 10.1. The van der Waals surface area contributed by atoms with Gasteiger partial charge in [0.15, 0.2) is 5.15 Å². The van der Waals surface area contributed by atoms with Crippen LogP contribution in [-0.2, 0) is 6.54 Å². The van der Waals surface area contributed by atoms with E-state index in [2.05, 4.69) is 58.5 Å². The van der Waals surface area contributed by atoms with Gasteiger partial charge in [0.05, 0.1) is 7.11 Å². The lowest BCUT2D eigenvalue weighted by Crippen LogP contribution is -2.67. The van der Waals surface area contributed by atoms with Crippen LogP contribution in [0, 0.1) is 0 Å². The van der Waals surface area contributed by atoms with Crippen molar-refractivity contribution >= 4 is 17.4 Å². The molecular formula is C22H29ClN4O. The normalized spacial score (nSPS) is 30.1. The third-order valence-corrected chi connectivity index (χ3v) is 6.79. The Balaban J connectivity index is 1.53. The van der Waals surface area contributed by atoms with E-state index < -0.39 is 0 Å². The number of aromatic nitrogens is 2. The van der Waals surface area contributed by atoms with Crippen molar-refractivity contribution in [3.8, 4) is 5.75 Å². The maximum absolute atomic E-state index is 5.88. The highest BCUT2D eigenvalue weighted by Gasteiger charge is 2.52. The van der Waals surface area contributed by atoms with Crippen molar-refractivity contribution in [1.82, 2.24) is 15.1 Å². The van der Waals surface area contributed by atoms with E-state index in [4.69, 9.17) is 16.3 Å². The second kappa shape index (κ2) is 7.53. The molecule has 2 saturated heterocycles. The first-order chi connectivity index (χ1) is 13.4. The molecule has 0 unspecified atom stereocenters. The minimum Gasteiger partial charge on any atom is -0.497 e. The second-order valence-electron chi connectivity index (χ2n) is 8.77. The number of hydrogen-bond acceptors (Lipinski definition) is 5. The highest BCUT2D eigenvalue weighted by atomic mass is 35.5. The van der Waals surface area contributed by atoms with E-state index >= 15 is 0 Å². The van der Waals surface area contributed by atoms with E-state index in [-0.39, 0.29) is 11.1 Å². The minimum absolute atomic E-state index is 0.169. The van der Waals surface area contributed by atoms with Crippen molar-refractivity contribution in [2.75, 3.05) is 12.4 Å². The predicted octanol–water partition coefficient (Wildman–Crippen LogP) is 4.92. The van der Waals surface area contributed by atoms with Crippen LogP contribution in [0.2, 0.25) is 5.15 Å². The number of nitrogens with zero attached hydrogens (tertiary/aromatic N) is 3. The zero-order valence-electron chi connectivity index (χ0n) is 16.9. The van der Waals surface area contributed by atoms with Crippen LogP contribution in [0.5, 0.6) is 5.75 Å². The Labute approximate surface area is 172 Å². The van der Waals surface area contributed by atoms with Crippen LogP contribution >= 0.6 is 11.6 Å². The average molecular weight is 401 g/mol. The molecule has 4 rings (SSSR count). The summed E-state index contributed by atoms with van der Waals surface area (Å²) in [5.74, 6) is 1.72. The number of rotatable bonds is 5. The number of nitrogens with one attached hydrogen (secondary N) is 1. The molecular weight excluding hydrogens is 372 g/mol. The van der Waals surface area contributed by atoms with Gasteiger partial charge < -0.3 is 10.1 Å². The van der Waals surface area contributed by atoms with E-state index in [1.165, 1.54) is 24.8 Å². The molecule has 1 aromatic carbocycles. The van der Waals surface area contributed by atoms with Crippen molar-refractivity contribution in [1.29, 1.82) is 0 Å². The molecule has 3 heterocycles. The van der Waals surface area contributed by atoms with Gasteiger partial charge in [0.25, 0.3) is 0 Å². The highest BCUT2D eigenvalue weighted by molar-refractivity contribution is 6.29. The second-order valence-corrected chi connectivity index (χ2v) is 9.16. The van der Waals surface area contributed by atoms with Crippen molar-refractivity contribution in [3.05, 3.63) is 47.1 Å². The van der Waals surface area contributed by atoms with Gasteiger partial charge >= 0.3 is 0 Å². The average Bonchev–Trinajstić information content (AvgIpc) is 2.66. The van der Waals surface area contributed by atoms with Gasteiger partial charge in [-0.15, -0.1) is 10.2 Å². The molecule has 5 nitrogen and oxygen atoms in total. The molecule has 6 heteroatoms. The molecule has 0 aliphatic carbocycles. The Morgan fingerprint density at radius 2 is 1.75 bits per heavy atom. The van der Waals surface area contributed by atoms with Crippen LogP contribution in [0.1, 0.15) is 51.5 Å². The van der Waals surface area contributed by atoms with Crippen LogP contribution in [-0.4, -0.2) is 39.3 Å². The van der Waals surface area contributed by atoms with Gasteiger partial charge in [-0.1, -0.05) is 23.7 Å². The third kappa shape index (κ3) is 3.83. The zero-order chi connectivity index (χ0) is 19.8. The molecule has 0 amide bonds. The molecule has 28 heavy (non-hydrogen) atoms. The summed E-state index contributed by atoms with van der Waals surface area (Å²) in [6, 6.07) is 12.6. The number of piperidine rings is 2. The largest absolute Gasteiger partial charge is 0.497 e. The van der Waals surface area contributed by atoms with Crippen molar-refractivity contribution in [2.45, 2.75) is 69.6 Å². The van der Waals surface area contributed by atoms with E-state index in [1.54, 1.807) is 13.2 Å². The number of halogens is 1. The highest BCUT2D eigenvalue weighted by Crippen LogP contribution is 2.49. The van der Waals surface area contributed by atoms with Gasteiger partial charge in [-0.05, 0) is 75.8 Å². The molecule has 2 bridgehead atoms. The van der Waals surface area contributed by atoms with Gasteiger partial charge in [0.1, 0.15) is 11.6 Å². The van der Waals surface area contributed by atoms with E-state index in [1.807, 2.05) is 6.07 Å². The molecule has 1 N–H and O–H groups in total. The Hall–Kier alpha value is -1.85. The first kappa shape index (κ1) is 19.5. The molecule has 2 fully saturated rings. The number of methoxy groups -OCH3 is 1. The Kier molecular flexibility index (Phi) is 5.23. The lowest BCUT2D eigenvalue weighted by atomic mass is 9.67. The number of benzene rings is 1. The van der Waals surface area contributed by atoms with Gasteiger partial charge in [-0.25, -0.2) is 0 Å². The van der Waals surface area contributed by atoms with Gasteiger partial charge in [-0.2, -0.15) is 0 Å². The first-order valence-corrected chi connectivity index (χ1v) is 10.4. The van der Waals surface area contributed by atoms with Crippen molar-refractivity contribution < 1.29 is 4.74 Å². The van der Waals surface area contributed by atoms with Crippen LogP contribution in [0.25, 0.3) is 0 Å². The number of ether oxygens (including phenoxy) is 1. The summed E-state index contributed by atoms with van der Waals surface area (Å²) in [6.45, 7) is 5.83. The number of fused-ring (bicyclic) bond motifs is 2. The lowest BCUT2D eigenvalue weighted by Gasteiger charge is -2.61. The van der Waals surface area contributed by atoms with Crippen LogP contribution in [0.4, 0.5) is 5.82 Å². The maximum Gasteiger partial charge on any atom is 0.151 e. The monoisotopic (exact) mass is 400 g/mol. The zero-order valence-corrected chi connectivity index (χ0v) is 17.7. The van der Waals surface area contributed by atoms with E-state index in [9.17, 15) is 0 Å². The fraction of sp³-hybridized carbons (Fsp3) is 0.545. The Morgan fingerprint density at radius 1 is 1.07 bits per heavy atom. The predicted molar refractivity (Wildman–Crippen MR) is 113 cm³/mol. The number of hydrogen-bond donors (Lipinski definition) is 1. The molecule has 150 valence electrons. The Bertz CT molecular complexity index is 792. The summed E-state index contributed by atoms with van der Waals surface area (Å²) in [5, 5.41) is 12.2. The smallest absolute Gasteiger partial charge is 0.151 e. The molecule has 3 atom stereocenters.